The zero-order valence-corrected chi connectivity index (χ0v) is 12.2. The summed E-state index contributed by atoms with van der Waals surface area (Å²) in [6.07, 6.45) is 10.4. The summed E-state index contributed by atoms with van der Waals surface area (Å²) in [4.78, 5) is 16.1. The number of aromatic nitrogens is 1. The van der Waals surface area contributed by atoms with Gasteiger partial charge in [0.1, 0.15) is 0 Å². The van der Waals surface area contributed by atoms with Gasteiger partial charge in [0.25, 0.3) is 0 Å². The van der Waals surface area contributed by atoms with Gasteiger partial charge in [-0.3, -0.25) is 4.79 Å². The Morgan fingerprint density at radius 2 is 1.80 bits per heavy atom. The lowest BCUT2D eigenvalue weighted by Crippen LogP contribution is -2.16. The van der Waals surface area contributed by atoms with Gasteiger partial charge in [-0.15, -0.1) is 0 Å². The van der Waals surface area contributed by atoms with Crippen LogP contribution in [0.25, 0.3) is 10.9 Å². The van der Waals surface area contributed by atoms with E-state index in [1.165, 1.54) is 37.7 Å². The second-order valence-electron chi connectivity index (χ2n) is 6.16. The van der Waals surface area contributed by atoms with Crippen molar-refractivity contribution in [3.05, 3.63) is 35.5 Å². The summed E-state index contributed by atoms with van der Waals surface area (Å²) >= 11 is 0. The minimum Gasteiger partial charge on any atom is -0.360 e. The Labute approximate surface area is 120 Å². The molecule has 1 saturated carbocycles. The monoisotopic (exact) mass is 269 g/mol. The van der Waals surface area contributed by atoms with E-state index >= 15 is 0 Å². The molecule has 1 aliphatic carbocycles. The van der Waals surface area contributed by atoms with E-state index in [0.717, 1.165) is 29.3 Å². The number of ketones is 1. The average Bonchev–Trinajstić information content (AvgIpc) is 2.80. The fraction of sp³-hybridized carbons (Fsp3) is 0.500. The average molecular weight is 269 g/mol. The van der Waals surface area contributed by atoms with Crippen LogP contribution in [0, 0.1) is 12.8 Å². The standard InChI is InChI=1S/C18H23NO/c1-13-9-10-17-15(11-13)16(12-19-17)18(20)14-7-5-3-2-4-6-8-14/h9-12,14,19H,2-8H2,1H3. The molecule has 0 spiro atoms. The van der Waals surface area contributed by atoms with Crippen molar-refractivity contribution in [2.45, 2.75) is 51.9 Å². The predicted octanol–water partition coefficient (Wildman–Crippen LogP) is 5.02. The molecule has 1 heterocycles. The van der Waals surface area contributed by atoms with Crippen LogP contribution in [0.4, 0.5) is 0 Å². The van der Waals surface area contributed by atoms with Crippen LogP contribution in [-0.2, 0) is 0 Å². The normalized spacial score (nSPS) is 17.9. The molecule has 1 aromatic heterocycles. The molecule has 0 atom stereocenters. The van der Waals surface area contributed by atoms with E-state index in [4.69, 9.17) is 0 Å². The Hall–Kier alpha value is -1.57. The molecule has 2 nitrogen and oxygen atoms in total. The van der Waals surface area contributed by atoms with E-state index < -0.39 is 0 Å². The third-order valence-corrected chi connectivity index (χ3v) is 4.58. The lowest BCUT2D eigenvalue weighted by Gasteiger charge is -2.18. The van der Waals surface area contributed by atoms with E-state index in [1.54, 1.807) is 0 Å². The number of Topliss-reactive ketones (excluding diaryl/α,β-unsaturated/α-hetero) is 1. The van der Waals surface area contributed by atoms with Gasteiger partial charge in [0.15, 0.2) is 5.78 Å². The van der Waals surface area contributed by atoms with Crippen molar-refractivity contribution in [3.63, 3.8) is 0 Å². The van der Waals surface area contributed by atoms with Gasteiger partial charge >= 0.3 is 0 Å². The second-order valence-corrected chi connectivity index (χ2v) is 6.16. The zero-order valence-electron chi connectivity index (χ0n) is 12.2. The molecule has 106 valence electrons. The van der Waals surface area contributed by atoms with Crippen molar-refractivity contribution in [2.75, 3.05) is 0 Å². The van der Waals surface area contributed by atoms with Crippen LogP contribution in [0.3, 0.4) is 0 Å². The molecule has 2 aromatic rings. The molecule has 1 aromatic carbocycles. The highest BCUT2D eigenvalue weighted by molar-refractivity contribution is 6.09. The number of nitrogens with one attached hydrogen (secondary N) is 1. The van der Waals surface area contributed by atoms with Gasteiger partial charge in [-0.2, -0.15) is 0 Å². The molecular weight excluding hydrogens is 246 g/mol. The molecule has 0 bridgehead atoms. The molecule has 1 fully saturated rings. The summed E-state index contributed by atoms with van der Waals surface area (Å²) < 4.78 is 0. The number of fused-ring (bicyclic) bond motifs is 1. The summed E-state index contributed by atoms with van der Waals surface area (Å²) in [5.74, 6) is 0.582. The van der Waals surface area contributed by atoms with Crippen molar-refractivity contribution in [1.29, 1.82) is 0 Å². The number of rotatable bonds is 2. The van der Waals surface area contributed by atoms with Crippen LogP contribution in [0.1, 0.15) is 60.9 Å². The van der Waals surface area contributed by atoms with Gasteiger partial charge in [-0.1, -0.05) is 43.7 Å². The number of aryl methyl sites for hydroxylation is 1. The highest BCUT2D eigenvalue weighted by Crippen LogP contribution is 2.28. The highest BCUT2D eigenvalue weighted by Gasteiger charge is 2.23. The number of aromatic amines is 1. The van der Waals surface area contributed by atoms with Crippen LogP contribution in [0.2, 0.25) is 0 Å². The number of hydrogen-bond donors (Lipinski definition) is 1. The topological polar surface area (TPSA) is 32.9 Å². The van der Waals surface area contributed by atoms with E-state index in [1.807, 2.05) is 6.20 Å². The Morgan fingerprint density at radius 1 is 1.10 bits per heavy atom. The summed E-state index contributed by atoms with van der Waals surface area (Å²) in [5.41, 5.74) is 3.18. The molecule has 0 saturated heterocycles. The van der Waals surface area contributed by atoms with Crippen molar-refractivity contribution in [3.8, 4) is 0 Å². The molecule has 1 aliphatic rings. The van der Waals surface area contributed by atoms with Gasteiger partial charge in [0.05, 0.1) is 0 Å². The highest BCUT2D eigenvalue weighted by atomic mass is 16.1. The number of benzene rings is 1. The van der Waals surface area contributed by atoms with Gasteiger partial charge in [0, 0.05) is 28.6 Å². The first-order valence-electron chi connectivity index (χ1n) is 7.87. The molecule has 0 radical (unpaired) electrons. The first kappa shape index (κ1) is 13.4. The summed E-state index contributed by atoms with van der Waals surface area (Å²) in [6.45, 7) is 2.08. The Balaban J connectivity index is 1.89. The molecule has 2 heteroatoms. The maximum Gasteiger partial charge on any atom is 0.168 e. The van der Waals surface area contributed by atoms with Gasteiger partial charge in [-0.05, 0) is 31.9 Å². The van der Waals surface area contributed by atoms with Gasteiger partial charge in [0.2, 0.25) is 0 Å². The largest absolute Gasteiger partial charge is 0.360 e. The lowest BCUT2D eigenvalue weighted by atomic mass is 9.85. The minimum absolute atomic E-state index is 0.231. The van der Waals surface area contributed by atoms with Crippen molar-refractivity contribution < 1.29 is 4.79 Å². The molecule has 0 amide bonds. The third kappa shape index (κ3) is 2.65. The van der Waals surface area contributed by atoms with Gasteiger partial charge in [-0.25, -0.2) is 0 Å². The maximum absolute atomic E-state index is 12.8. The number of H-pyrrole nitrogens is 1. The molecule has 0 unspecified atom stereocenters. The van der Waals surface area contributed by atoms with Crippen LogP contribution in [-0.4, -0.2) is 10.8 Å². The van der Waals surface area contributed by atoms with E-state index in [-0.39, 0.29) is 5.92 Å². The van der Waals surface area contributed by atoms with E-state index in [0.29, 0.717) is 5.78 Å². The van der Waals surface area contributed by atoms with Crippen molar-refractivity contribution in [1.82, 2.24) is 4.98 Å². The van der Waals surface area contributed by atoms with Crippen LogP contribution in [0.15, 0.2) is 24.4 Å². The first-order chi connectivity index (χ1) is 9.75. The Kier molecular flexibility index (Phi) is 3.90. The van der Waals surface area contributed by atoms with Crippen LogP contribution >= 0.6 is 0 Å². The molecule has 3 rings (SSSR count). The van der Waals surface area contributed by atoms with E-state index in [2.05, 4.69) is 30.1 Å². The Morgan fingerprint density at radius 3 is 2.55 bits per heavy atom. The molecule has 0 aliphatic heterocycles. The van der Waals surface area contributed by atoms with E-state index in [9.17, 15) is 4.79 Å². The fourth-order valence-electron chi connectivity index (χ4n) is 3.38. The number of carbonyl (C=O) groups is 1. The van der Waals surface area contributed by atoms with Crippen molar-refractivity contribution in [2.24, 2.45) is 5.92 Å². The first-order valence-corrected chi connectivity index (χ1v) is 7.87. The zero-order chi connectivity index (χ0) is 13.9. The summed E-state index contributed by atoms with van der Waals surface area (Å²) in [7, 11) is 0. The molecule has 1 N–H and O–H groups in total. The van der Waals surface area contributed by atoms with Gasteiger partial charge < -0.3 is 4.98 Å². The molecular formula is C18H23NO. The maximum atomic E-state index is 12.8. The number of hydrogen-bond acceptors (Lipinski definition) is 1. The van der Waals surface area contributed by atoms with Crippen LogP contribution < -0.4 is 0 Å². The lowest BCUT2D eigenvalue weighted by molar-refractivity contribution is 0.0900. The minimum atomic E-state index is 0.231. The SMILES string of the molecule is Cc1ccc2[nH]cc(C(=O)C3CCCCCCC3)c2c1. The Bertz CT molecular complexity index is 603. The smallest absolute Gasteiger partial charge is 0.168 e. The predicted molar refractivity (Wildman–Crippen MR) is 83.2 cm³/mol. The third-order valence-electron chi connectivity index (χ3n) is 4.58. The fourth-order valence-corrected chi connectivity index (χ4v) is 3.38. The quantitative estimate of drug-likeness (QED) is 0.763. The summed E-state index contributed by atoms with van der Waals surface area (Å²) in [5, 5.41) is 1.09. The molecule has 20 heavy (non-hydrogen) atoms. The number of carbonyl (C=O) groups excluding carboxylic acids is 1. The summed E-state index contributed by atoms with van der Waals surface area (Å²) in [6, 6.07) is 6.28. The second kappa shape index (κ2) is 5.82. The van der Waals surface area contributed by atoms with Crippen LogP contribution in [0.5, 0.6) is 0 Å². The van der Waals surface area contributed by atoms with Crippen molar-refractivity contribution >= 4 is 16.7 Å².